The van der Waals surface area contributed by atoms with E-state index in [-0.39, 0.29) is 0 Å². The zero-order valence-electron chi connectivity index (χ0n) is 13.3. The van der Waals surface area contributed by atoms with Crippen molar-refractivity contribution in [2.45, 2.75) is 19.3 Å². The van der Waals surface area contributed by atoms with Crippen LogP contribution in [0.2, 0.25) is 5.02 Å². The average molecular weight is 343 g/mol. The largest absolute Gasteiger partial charge is 0.494 e. The highest BCUT2D eigenvalue weighted by atomic mass is 35.5. The van der Waals surface area contributed by atoms with Crippen LogP contribution in [0.5, 0.6) is 5.75 Å². The van der Waals surface area contributed by atoms with E-state index in [1.54, 1.807) is 18.3 Å². The third-order valence-corrected chi connectivity index (χ3v) is 3.61. The Labute approximate surface area is 146 Å². The number of unbranched alkanes of at least 4 members (excludes halogenated alkanes) is 2. The van der Waals surface area contributed by atoms with Crippen LogP contribution in [0, 0.1) is 11.3 Å². The van der Waals surface area contributed by atoms with Gasteiger partial charge in [-0.25, -0.2) is 4.98 Å². The summed E-state index contributed by atoms with van der Waals surface area (Å²) >= 11 is 5.82. The summed E-state index contributed by atoms with van der Waals surface area (Å²) in [5, 5.41) is 9.70. The van der Waals surface area contributed by atoms with Gasteiger partial charge in [-0.3, -0.25) is 4.99 Å². The van der Waals surface area contributed by atoms with Gasteiger partial charge in [-0.05, 0) is 55.7 Å². The monoisotopic (exact) mass is 342 g/mol. The van der Waals surface area contributed by atoms with E-state index >= 15 is 0 Å². The van der Waals surface area contributed by atoms with Crippen molar-refractivity contribution >= 4 is 17.4 Å². The SMILES string of the molecule is N#Cc1ncccc1C(N)=NCCCCCOc1ccc(Cl)cc1. The lowest BCUT2D eigenvalue weighted by atomic mass is 10.2. The first-order valence-corrected chi connectivity index (χ1v) is 8.12. The molecule has 0 saturated heterocycles. The Morgan fingerprint density at radius 2 is 2.00 bits per heavy atom. The van der Waals surface area contributed by atoms with Gasteiger partial charge in [-0.15, -0.1) is 0 Å². The van der Waals surface area contributed by atoms with Gasteiger partial charge in [-0.2, -0.15) is 5.26 Å². The first-order valence-electron chi connectivity index (χ1n) is 7.74. The molecule has 0 atom stereocenters. The van der Waals surface area contributed by atoms with Crippen LogP contribution in [0.4, 0.5) is 0 Å². The molecular weight excluding hydrogens is 324 g/mol. The van der Waals surface area contributed by atoms with Crippen molar-refractivity contribution in [1.82, 2.24) is 4.98 Å². The maximum absolute atomic E-state index is 9.00. The molecule has 2 aromatic rings. The lowest BCUT2D eigenvalue weighted by Gasteiger charge is -2.06. The minimum Gasteiger partial charge on any atom is -0.494 e. The number of ether oxygens (including phenoxy) is 1. The molecule has 1 aromatic carbocycles. The maximum Gasteiger partial charge on any atom is 0.151 e. The second-order valence-electron chi connectivity index (χ2n) is 5.14. The molecule has 0 aliphatic heterocycles. The van der Waals surface area contributed by atoms with Crippen molar-refractivity contribution in [3.8, 4) is 11.8 Å². The second-order valence-corrected chi connectivity index (χ2v) is 5.58. The van der Waals surface area contributed by atoms with Crippen molar-refractivity contribution in [2.75, 3.05) is 13.2 Å². The number of aliphatic imine (C=N–C) groups is 1. The molecule has 6 heteroatoms. The summed E-state index contributed by atoms with van der Waals surface area (Å²) in [6.07, 6.45) is 4.40. The number of hydrogen-bond acceptors (Lipinski definition) is 4. The summed E-state index contributed by atoms with van der Waals surface area (Å²) < 4.78 is 5.62. The highest BCUT2D eigenvalue weighted by Gasteiger charge is 2.05. The zero-order valence-corrected chi connectivity index (χ0v) is 14.0. The maximum atomic E-state index is 9.00. The molecule has 1 heterocycles. The molecule has 5 nitrogen and oxygen atoms in total. The van der Waals surface area contributed by atoms with Crippen molar-refractivity contribution in [3.63, 3.8) is 0 Å². The molecule has 0 spiro atoms. The average Bonchev–Trinajstić information content (AvgIpc) is 2.62. The van der Waals surface area contributed by atoms with Crippen molar-refractivity contribution in [2.24, 2.45) is 10.7 Å². The van der Waals surface area contributed by atoms with E-state index in [0.29, 0.717) is 35.3 Å². The molecule has 0 unspecified atom stereocenters. The first kappa shape index (κ1) is 17.8. The van der Waals surface area contributed by atoms with Crippen LogP contribution < -0.4 is 10.5 Å². The van der Waals surface area contributed by atoms with Crippen LogP contribution in [0.15, 0.2) is 47.6 Å². The number of amidine groups is 1. The minimum atomic E-state index is 0.301. The minimum absolute atomic E-state index is 0.301. The van der Waals surface area contributed by atoms with E-state index in [1.807, 2.05) is 30.3 Å². The summed E-state index contributed by atoms with van der Waals surface area (Å²) in [4.78, 5) is 8.29. The van der Waals surface area contributed by atoms with Gasteiger partial charge >= 0.3 is 0 Å². The Hall–Kier alpha value is -2.58. The van der Waals surface area contributed by atoms with E-state index < -0.39 is 0 Å². The molecule has 24 heavy (non-hydrogen) atoms. The zero-order chi connectivity index (χ0) is 17.2. The van der Waals surface area contributed by atoms with Gasteiger partial charge in [0.1, 0.15) is 17.7 Å². The molecule has 0 radical (unpaired) electrons. The van der Waals surface area contributed by atoms with Gasteiger partial charge < -0.3 is 10.5 Å². The van der Waals surface area contributed by atoms with Crippen molar-refractivity contribution in [1.29, 1.82) is 5.26 Å². The fourth-order valence-electron chi connectivity index (χ4n) is 2.10. The summed E-state index contributed by atoms with van der Waals surface area (Å²) in [5.74, 6) is 1.18. The Morgan fingerprint density at radius 3 is 2.75 bits per heavy atom. The molecular formula is C18H19ClN4O. The molecule has 1 aromatic heterocycles. The fourth-order valence-corrected chi connectivity index (χ4v) is 2.22. The highest BCUT2D eigenvalue weighted by Crippen LogP contribution is 2.15. The molecule has 2 rings (SSSR count). The summed E-state index contributed by atoms with van der Waals surface area (Å²) in [5.41, 5.74) is 6.81. The molecule has 0 fully saturated rings. The number of benzene rings is 1. The molecule has 2 N–H and O–H groups in total. The number of rotatable bonds is 8. The van der Waals surface area contributed by atoms with E-state index in [0.717, 1.165) is 25.0 Å². The van der Waals surface area contributed by atoms with E-state index in [1.165, 1.54) is 0 Å². The smallest absolute Gasteiger partial charge is 0.151 e. The number of nitriles is 1. The Balaban J connectivity index is 1.67. The predicted octanol–water partition coefficient (Wildman–Crippen LogP) is 3.56. The lowest BCUT2D eigenvalue weighted by Crippen LogP contribution is -2.16. The van der Waals surface area contributed by atoms with E-state index in [9.17, 15) is 0 Å². The number of nitrogens with two attached hydrogens (primary N) is 1. The number of nitrogens with zero attached hydrogens (tertiary/aromatic N) is 3. The third kappa shape index (κ3) is 5.56. The topological polar surface area (TPSA) is 84.3 Å². The number of pyridine rings is 1. The molecule has 0 aliphatic rings. The normalized spacial score (nSPS) is 11.1. The number of hydrogen-bond donors (Lipinski definition) is 1. The third-order valence-electron chi connectivity index (χ3n) is 3.36. The molecule has 124 valence electrons. The lowest BCUT2D eigenvalue weighted by molar-refractivity contribution is 0.305. The van der Waals surface area contributed by atoms with Crippen molar-refractivity contribution < 1.29 is 4.74 Å². The molecule has 0 bridgehead atoms. The Bertz CT molecular complexity index is 723. The van der Waals surface area contributed by atoms with Gasteiger partial charge in [0.25, 0.3) is 0 Å². The quantitative estimate of drug-likeness (QED) is 0.451. The Morgan fingerprint density at radius 1 is 1.21 bits per heavy atom. The number of halogens is 1. The van der Waals surface area contributed by atoms with Crippen LogP contribution in [0.1, 0.15) is 30.5 Å². The van der Waals surface area contributed by atoms with Gasteiger partial charge in [-0.1, -0.05) is 11.6 Å². The van der Waals surface area contributed by atoms with E-state index in [2.05, 4.69) is 9.98 Å². The van der Waals surface area contributed by atoms with Gasteiger partial charge in [0.2, 0.25) is 0 Å². The molecule has 0 amide bonds. The van der Waals surface area contributed by atoms with Crippen LogP contribution in [0.25, 0.3) is 0 Å². The van der Waals surface area contributed by atoms with Gasteiger partial charge in [0.05, 0.1) is 12.2 Å². The van der Waals surface area contributed by atoms with Crippen LogP contribution >= 0.6 is 11.6 Å². The molecule has 0 aliphatic carbocycles. The predicted molar refractivity (Wildman–Crippen MR) is 95.3 cm³/mol. The summed E-state index contributed by atoms with van der Waals surface area (Å²) in [7, 11) is 0. The van der Waals surface area contributed by atoms with Crippen LogP contribution in [-0.4, -0.2) is 24.0 Å². The van der Waals surface area contributed by atoms with Gasteiger partial charge in [0.15, 0.2) is 5.69 Å². The second kappa shape index (κ2) is 9.53. The fraction of sp³-hybridized carbons (Fsp3) is 0.278. The Kier molecular flexibility index (Phi) is 7.06. The highest BCUT2D eigenvalue weighted by molar-refractivity contribution is 6.30. The van der Waals surface area contributed by atoms with Crippen molar-refractivity contribution in [3.05, 3.63) is 58.9 Å². The summed E-state index contributed by atoms with van der Waals surface area (Å²) in [6, 6.07) is 12.8. The summed E-state index contributed by atoms with van der Waals surface area (Å²) in [6.45, 7) is 1.27. The molecule has 0 saturated carbocycles. The van der Waals surface area contributed by atoms with Crippen LogP contribution in [-0.2, 0) is 0 Å². The number of aromatic nitrogens is 1. The van der Waals surface area contributed by atoms with E-state index in [4.69, 9.17) is 27.3 Å². The standard InChI is InChI=1S/C18H19ClN4O/c19-14-6-8-15(9-7-14)24-12-3-1-2-10-23-18(21)16-5-4-11-22-17(16)13-20/h4-9,11H,1-3,10,12H2,(H2,21,23). The van der Waals surface area contributed by atoms with Gasteiger partial charge in [0, 0.05) is 17.8 Å². The van der Waals surface area contributed by atoms with Crippen LogP contribution in [0.3, 0.4) is 0 Å². The first-order chi connectivity index (χ1) is 11.7.